The quantitative estimate of drug-likeness (QED) is 0.922. The average Bonchev–Trinajstić information content (AvgIpc) is 2.53. The Morgan fingerprint density at radius 1 is 1.67 bits per heavy atom. The van der Waals surface area contributed by atoms with Gasteiger partial charge in [0.05, 0.1) is 4.47 Å². The zero-order valence-corrected chi connectivity index (χ0v) is 12.1. The molecule has 0 aromatic carbocycles. The number of hydrogen-bond acceptors (Lipinski definition) is 4. The van der Waals surface area contributed by atoms with Crippen LogP contribution < -0.4 is 10.6 Å². The van der Waals surface area contributed by atoms with Gasteiger partial charge < -0.3 is 10.6 Å². The van der Waals surface area contributed by atoms with Crippen LogP contribution in [0, 0.1) is 5.41 Å². The van der Waals surface area contributed by atoms with Gasteiger partial charge >= 0.3 is 0 Å². The van der Waals surface area contributed by atoms with Crippen molar-refractivity contribution in [2.24, 2.45) is 11.1 Å². The van der Waals surface area contributed by atoms with Crippen molar-refractivity contribution in [2.75, 3.05) is 11.4 Å². The predicted octanol–water partition coefficient (Wildman–Crippen LogP) is 1.72. The first kappa shape index (κ1) is 13.3. The molecule has 1 atom stereocenters. The van der Waals surface area contributed by atoms with Crippen molar-refractivity contribution in [2.45, 2.75) is 32.7 Å². The second kappa shape index (κ2) is 4.84. The number of halogens is 1. The summed E-state index contributed by atoms with van der Waals surface area (Å²) in [5, 5.41) is 0. The smallest absolute Gasteiger partial charge is 0.219 e. The van der Waals surface area contributed by atoms with Gasteiger partial charge in [0.15, 0.2) is 0 Å². The Labute approximate surface area is 115 Å². The second-order valence-corrected chi connectivity index (χ2v) is 6.37. The Kier molecular flexibility index (Phi) is 3.56. The summed E-state index contributed by atoms with van der Waals surface area (Å²) in [5.41, 5.74) is 5.49. The third kappa shape index (κ3) is 2.80. The molecule has 0 aliphatic carbocycles. The highest BCUT2D eigenvalue weighted by Crippen LogP contribution is 2.39. The topological polar surface area (TPSA) is 72.1 Å². The van der Waals surface area contributed by atoms with Gasteiger partial charge in [-0.1, -0.05) is 13.8 Å². The fourth-order valence-corrected chi connectivity index (χ4v) is 3.03. The molecule has 1 unspecified atom stereocenters. The van der Waals surface area contributed by atoms with Crippen molar-refractivity contribution in [3.63, 3.8) is 0 Å². The van der Waals surface area contributed by atoms with Gasteiger partial charge in [0.1, 0.15) is 12.1 Å². The van der Waals surface area contributed by atoms with E-state index in [4.69, 9.17) is 5.73 Å². The number of amides is 1. The molecule has 2 N–H and O–H groups in total. The van der Waals surface area contributed by atoms with Crippen LogP contribution in [0.3, 0.4) is 0 Å². The van der Waals surface area contributed by atoms with Crippen molar-refractivity contribution in [3.8, 4) is 0 Å². The van der Waals surface area contributed by atoms with Crippen LogP contribution in [0.2, 0.25) is 0 Å². The molecular formula is C12H17BrN4O. The first-order valence-electron chi connectivity index (χ1n) is 5.89. The lowest BCUT2D eigenvalue weighted by molar-refractivity contribution is -0.118. The SMILES string of the molecule is CC1(C)CC(CC(N)=O)N(c2ncncc2Br)C1. The lowest BCUT2D eigenvalue weighted by Crippen LogP contribution is -2.34. The van der Waals surface area contributed by atoms with Crippen LogP contribution in [0.1, 0.15) is 26.7 Å². The van der Waals surface area contributed by atoms with Gasteiger partial charge in [0.25, 0.3) is 0 Å². The number of primary amides is 1. The molecule has 0 bridgehead atoms. The summed E-state index contributed by atoms with van der Waals surface area (Å²) in [6.45, 7) is 5.24. The normalized spacial score (nSPS) is 22.2. The van der Waals surface area contributed by atoms with Crippen molar-refractivity contribution < 1.29 is 4.79 Å². The summed E-state index contributed by atoms with van der Waals surface area (Å²) >= 11 is 3.45. The van der Waals surface area contributed by atoms with E-state index >= 15 is 0 Å². The molecule has 1 aliphatic rings. The number of aromatic nitrogens is 2. The molecule has 0 radical (unpaired) electrons. The fourth-order valence-electron chi connectivity index (χ4n) is 2.58. The van der Waals surface area contributed by atoms with E-state index < -0.39 is 0 Å². The highest BCUT2D eigenvalue weighted by atomic mass is 79.9. The number of nitrogens with zero attached hydrogens (tertiary/aromatic N) is 3. The number of carbonyl (C=O) groups excluding carboxylic acids is 1. The number of rotatable bonds is 3. The van der Waals surface area contributed by atoms with E-state index in [0.717, 1.165) is 23.3 Å². The number of carbonyl (C=O) groups is 1. The maximum atomic E-state index is 11.2. The van der Waals surface area contributed by atoms with Crippen LogP contribution in [0.5, 0.6) is 0 Å². The van der Waals surface area contributed by atoms with E-state index in [1.807, 2.05) is 0 Å². The lowest BCUT2D eigenvalue weighted by Gasteiger charge is -2.25. The molecule has 1 aliphatic heterocycles. The van der Waals surface area contributed by atoms with E-state index in [2.05, 4.69) is 44.6 Å². The van der Waals surface area contributed by atoms with Crippen LogP contribution in [-0.2, 0) is 4.79 Å². The first-order chi connectivity index (χ1) is 8.39. The molecule has 1 aromatic heterocycles. The fraction of sp³-hybridized carbons (Fsp3) is 0.583. The van der Waals surface area contributed by atoms with Crippen molar-refractivity contribution in [3.05, 3.63) is 17.0 Å². The van der Waals surface area contributed by atoms with Crippen LogP contribution in [0.15, 0.2) is 17.0 Å². The van der Waals surface area contributed by atoms with E-state index in [9.17, 15) is 4.79 Å². The Morgan fingerprint density at radius 2 is 2.39 bits per heavy atom. The molecule has 0 spiro atoms. The molecule has 98 valence electrons. The number of nitrogens with two attached hydrogens (primary N) is 1. The average molecular weight is 313 g/mol. The van der Waals surface area contributed by atoms with E-state index in [0.29, 0.717) is 6.42 Å². The third-order valence-electron chi connectivity index (χ3n) is 3.18. The molecule has 5 nitrogen and oxygen atoms in total. The summed E-state index contributed by atoms with van der Waals surface area (Å²) in [5.74, 6) is 0.565. The third-order valence-corrected chi connectivity index (χ3v) is 3.74. The monoisotopic (exact) mass is 312 g/mol. The zero-order chi connectivity index (χ0) is 13.3. The molecule has 18 heavy (non-hydrogen) atoms. The molecule has 2 heterocycles. The van der Waals surface area contributed by atoms with Gasteiger partial charge in [-0.25, -0.2) is 9.97 Å². The highest BCUT2D eigenvalue weighted by molar-refractivity contribution is 9.10. The molecule has 1 fully saturated rings. The van der Waals surface area contributed by atoms with Crippen LogP contribution in [-0.4, -0.2) is 28.5 Å². The van der Waals surface area contributed by atoms with E-state index in [-0.39, 0.29) is 17.4 Å². The Balaban J connectivity index is 2.29. The van der Waals surface area contributed by atoms with E-state index in [1.165, 1.54) is 6.33 Å². The molecule has 0 saturated carbocycles. The molecule has 1 aromatic rings. The Bertz CT molecular complexity index is 463. The maximum absolute atomic E-state index is 11.2. The second-order valence-electron chi connectivity index (χ2n) is 5.51. The molecule has 1 saturated heterocycles. The van der Waals surface area contributed by atoms with Gasteiger partial charge in [0.2, 0.25) is 5.91 Å². The standard InChI is InChI=1S/C12H17BrN4O/c1-12(2)4-8(3-10(14)18)17(6-12)11-9(13)5-15-7-16-11/h5,7-8H,3-4,6H2,1-2H3,(H2,14,18). The van der Waals surface area contributed by atoms with Crippen LogP contribution in [0.4, 0.5) is 5.82 Å². The minimum atomic E-state index is -0.270. The van der Waals surface area contributed by atoms with Gasteiger partial charge in [0, 0.05) is 25.2 Å². The largest absolute Gasteiger partial charge is 0.370 e. The van der Waals surface area contributed by atoms with Gasteiger partial charge in [-0.05, 0) is 27.8 Å². The van der Waals surface area contributed by atoms with Gasteiger partial charge in [-0.2, -0.15) is 0 Å². The van der Waals surface area contributed by atoms with E-state index in [1.54, 1.807) is 6.20 Å². The van der Waals surface area contributed by atoms with Crippen LogP contribution in [0.25, 0.3) is 0 Å². The number of anilines is 1. The molecule has 6 heteroatoms. The molecular weight excluding hydrogens is 296 g/mol. The first-order valence-corrected chi connectivity index (χ1v) is 6.69. The summed E-state index contributed by atoms with van der Waals surface area (Å²) in [7, 11) is 0. The summed E-state index contributed by atoms with van der Waals surface area (Å²) in [6.07, 6.45) is 4.54. The maximum Gasteiger partial charge on any atom is 0.219 e. The number of hydrogen-bond donors (Lipinski definition) is 1. The minimum Gasteiger partial charge on any atom is -0.370 e. The van der Waals surface area contributed by atoms with Crippen molar-refractivity contribution >= 4 is 27.7 Å². The van der Waals surface area contributed by atoms with Crippen molar-refractivity contribution in [1.82, 2.24) is 9.97 Å². The molecule has 1 amide bonds. The summed E-state index contributed by atoms with van der Waals surface area (Å²) in [6, 6.07) is 0.115. The predicted molar refractivity (Wildman–Crippen MR) is 73.1 cm³/mol. The minimum absolute atomic E-state index is 0.115. The molecule has 2 rings (SSSR count). The summed E-state index contributed by atoms with van der Waals surface area (Å²) in [4.78, 5) is 21.6. The lowest BCUT2D eigenvalue weighted by atomic mass is 9.90. The Morgan fingerprint density at radius 3 is 3.00 bits per heavy atom. The summed E-state index contributed by atoms with van der Waals surface area (Å²) < 4.78 is 0.845. The van der Waals surface area contributed by atoms with Crippen LogP contribution >= 0.6 is 15.9 Å². The zero-order valence-electron chi connectivity index (χ0n) is 10.6. The van der Waals surface area contributed by atoms with Crippen molar-refractivity contribution in [1.29, 1.82) is 0 Å². The Hall–Kier alpha value is -1.17. The van der Waals surface area contributed by atoms with Gasteiger partial charge in [-0.3, -0.25) is 4.79 Å². The highest BCUT2D eigenvalue weighted by Gasteiger charge is 2.39. The van der Waals surface area contributed by atoms with Gasteiger partial charge in [-0.15, -0.1) is 0 Å².